The molecule has 3 aliphatic carbocycles. The maximum Gasteiger partial charge on any atom is 0.269 e. The molecule has 1 fully saturated rings. The predicted octanol–water partition coefficient (Wildman–Crippen LogP) is 5.41. The Bertz CT molecular complexity index is 1670. The summed E-state index contributed by atoms with van der Waals surface area (Å²) < 4.78 is 11.4. The van der Waals surface area contributed by atoms with E-state index in [-0.39, 0.29) is 35.9 Å². The van der Waals surface area contributed by atoms with E-state index in [4.69, 9.17) is 9.47 Å². The van der Waals surface area contributed by atoms with Crippen molar-refractivity contribution in [3.8, 4) is 11.5 Å². The van der Waals surface area contributed by atoms with Crippen molar-refractivity contribution < 1.29 is 24.0 Å². The third-order valence-corrected chi connectivity index (χ3v) is 8.48. The van der Waals surface area contributed by atoms with Crippen molar-refractivity contribution in [1.82, 2.24) is 5.01 Å². The molecule has 1 aliphatic heterocycles. The van der Waals surface area contributed by atoms with Gasteiger partial charge in [-0.2, -0.15) is 10.1 Å². The van der Waals surface area contributed by atoms with E-state index < -0.39 is 16.8 Å². The molecule has 0 radical (unpaired) electrons. The summed E-state index contributed by atoms with van der Waals surface area (Å²) in [7, 11) is 1.51. The van der Waals surface area contributed by atoms with Gasteiger partial charge in [-0.1, -0.05) is 48.5 Å². The van der Waals surface area contributed by atoms with Crippen LogP contribution in [0.5, 0.6) is 11.5 Å². The Morgan fingerprint density at radius 1 is 0.810 bits per heavy atom. The molecule has 4 aromatic rings. The van der Waals surface area contributed by atoms with E-state index in [0.717, 1.165) is 32.8 Å². The number of methoxy groups -OCH3 is 1. The molecule has 4 aromatic carbocycles. The highest BCUT2D eigenvalue weighted by Gasteiger charge is 2.61. The van der Waals surface area contributed by atoms with Gasteiger partial charge < -0.3 is 9.47 Å². The third kappa shape index (κ3) is 3.96. The second kappa shape index (κ2) is 9.95. The number of ether oxygens (including phenoxy) is 2. The van der Waals surface area contributed by atoms with Crippen molar-refractivity contribution in [3.05, 3.63) is 134 Å². The monoisotopic (exact) mass is 559 g/mol. The molecule has 2 bridgehead atoms. The van der Waals surface area contributed by atoms with Crippen LogP contribution in [0.2, 0.25) is 0 Å². The Hall–Kier alpha value is -5.31. The summed E-state index contributed by atoms with van der Waals surface area (Å²) in [6.07, 6.45) is 1.48. The summed E-state index contributed by atoms with van der Waals surface area (Å²) in [4.78, 5) is 37.9. The van der Waals surface area contributed by atoms with Crippen LogP contribution >= 0.6 is 0 Å². The molecular formula is C33H25N3O6. The van der Waals surface area contributed by atoms with Gasteiger partial charge in [0.05, 0.1) is 30.1 Å². The lowest BCUT2D eigenvalue weighted by Crippen LogP contribution is -2.41. The average Bonchev–Trinajstić information content (AvgIpc) is 3.28. The molecule has 208 valence electrons. The number of nitrogens with zero attached hydrogens (tertiary/aromatic N) is 3. The largest absolute Gasteiger partial charge is 0.493 e. The van der Waals surface area contributed by atoms with Crippen LogP contribution in [0.4, 0.5) is 5.69 Å². The Kier molecular flexibility index (Phi) is 6.08. The fourth-order valence-corrected chi connectivity index (χ4v) is 6.66. The number of rotatable bonds is 7. The summed E-state index contributed by atoms with van der Waals surface area (Å²) in [5, 5.41) is 16.3. The molecule has 0 aromatic heterocycles. The summed E-state index contributed by atoms with van der Waals surface area (Å²) in [6.45, 7) is 0.189. The molecule has 9 heteroatoms. The number of hydrogen-bond acceptors (Lipinski definition) is 7. The highest BCUT2D eigenvalue weighted by molar-refractivity contribution is 6.08. The molecule has 4 aliphatic rings. The van der Waals surface area contributed by atoms with E-state index in [1.54, 1.807) is 30.3 Å². The van der Waals surface area contributed by atoms with Crippen molar-refractivity contribution in [1.29, 1.82) is 0 Å². The van der Waals surface area contributed by atoms with Crippen LogP contribution < -0.4 is 9.47 Å². The molecule has 0 unspecified atom stereocenters. The minimum Gasteiger partial charge on any atom is -0.493 e. The van der Waals surface area contributed by atoms with Gasteiger partial charge in [0, 0.05) is 24.0 Å². The van der Waals surface area contributed by atoms with E-state index in [1.807, 2.05) is 24.3 Å². The maximum absolute atomic E-state index is 13.7. The zero-order valence-electron chi connectivity index (χ0n) is 22.5. The van der Waals surface area contributed by atoms with Gasteiger partial charge in [-0.25, -0.2) is 0 Å². The molecule has 1 saturated heterocycles. The lowest BCUT2D eigenvalue weighted by Gasteiger charge is -2.45. The van der Waals surface area contributed by atoms with Crippen LogP contribution in [0, 0.1) is 22.0 Å². The highest BCUT2D eigenvalue weighted by atomic mass is 16.6. The first-order valence-electron chi connectivity index (χ1n) is 13.6. The molecule has 0 spiro atoms. The Balaban J connectivity index is 1.12. The van der Waals surface area contributed by atoms with Crippen molar-refractivity contribution in [3.63, 3.8) is 0 Å². The Morgan fingerprint density at radius 2 is 1.36 bits per heavy atom. The molecule has 2 amide bonds. The lowest BCUT2D eigenvalue weighted by atomic mass is 9.55. The van der Waals surface area contributed by atoms with Gasteiger partial charge in [0.2, 0.25) is 0 Å². The first kappa shape index (κ1) is 25.6. The van der Waals surface area contributed by atoms with E-state index in [2.05, 4.69) is 29.4 Å². The Labute approximate surface area is 241 Å². The van der Waals surface area contributed by atoms with Crippen LogP contribution in [0.1, 0.15) is 45.2 Å². The predicted molar refractivity (Wildman–Crippen MR) is 153 cm³/mol. The molecular weight excluding hydrogens is 534 g/mol. The van der Waals surface area contributed by atoms with Gasteiger partial charge in [-0.05, 0) is 63.7 Å². The third-order valence-electron chi connectivity index (χ3n) is 8.48. The SMILES string of the molecule is COc1cc(/C=N\N2C(=O)[C@@H]3C4c5ccccc5C(c5ccccc54)[C@H]3C2=O)ccc1OCc1ccc([N+](=O)[O-])cc1. The molecule has 8 rings (SSSR count). The van der Waals surface area contributed by atoms with Crippen molar-refractivity contribution in [2.75, 3.05) is 7.11 Å². The molecule has 0 N–H and O–H groups in total. The molecule has 0 saturated carbocycles. The fourth-order valence-electron chi connectivity index (χ4n) is 6.66. The number of nitro benzene ring substituents is 1. The first-order valence-corrected chi connectivity index (χ1v) is 13.6. The van der Waals surface area contributed by atoms with Gasteiger partial charge in [0.15, 0.2) is 11.5 Å². The first-order chi connectivity index (χ1) is 20.5. The molecule has 9 nitrogen and oxygen atoms in total. The van der Waals surface area contributed by atoms with E-state index in [9.17, 15) is 19.7 Å². The average molecular weight is 560 g/mol. The van der Waals surface area contributed by atoms with Crippen LogP contribution in [-0.2, 0) is 16.2 Å². The number of nitro groups is 1. The summed E-state index contributed by atoms with van der Waals surface area (Å²) >= 11 is 0. The number of carbonyl (C=O) groups excluding carboxylic acids is 2. The fraction of sp³-hybridized carbons (Fsp3) is 0.182. The summed E-state index contributed by atoms with van der Waals surface area (Å²) in [5.41, 5.74) is 5.86. The maximum atomic E-state index is 13.7. The van der Waals surface area contributed by atoms with Crippen LogP contribution in [0.25, 0.3) is 0 Å². The van der Waals surface area contributed by atoms with Crippen LogP contribution in [0.3, 0.4) is 0 Å². The quantitative estimate of drug-likeness (QED) is 0.130. The minimum atomic E-state index is -0.491. The van der Waals surface area contributed by atoms with Gasteiger partial charge in [0.25, 0.3) is 17.5 Å². The summed E-state index contributed by atoms with van der Waals surface area (Å²) in [5.74, 6) is -1.00. The Morgan fingerprint density at radius 3 is 1.86 bits per heavy atom. The normalized spacial score (nSPS) is 21.7. The zero-order valence-corrected chi connectivity index (χ0v) is 22.5. The topological polar surface area (TPSA) is 111 Å². The van der Waals surface area contributed by atoms with Crippen molar-refractivity contribution >= 4 is 23.7 Å². The van der Waals surface area contributed by atoms with E-state index in [1.165, 1.54) is 25.5 Å². The van der Waals surface area contributed by atoms with Gasteiger partial charge in [-0.15, -0.1) is 0 Å². The lowest BCUT2D eigenvalue weighted by molar-refractivity contribution is -0.384. The zero-order chi connectivity index (χ0) is 29.0. The number of imide groups is 1. The van der Waals surface area contributed by atoms with Crippen molar-refractivity contribution in [2.45, 2.75) is 18.4 Å². The second-order valence-corrected chi connectivity index (χ2v) is 10.6. The molecule has 2 atom stereocenters. The number of amides is 2. The van der Waals surface area contributed by atoms with E-state index in [0.29, 0.717) is 17.1 Å². The molecule has 42 heavy (non-hydrogen) atoms. The number of carbonyl (C=O) groups is 2. The van der Waals surface area contributed by atoms with Gasteiger partial charge in [0.1, 0.15) is 6.61 Å². The van der Waals surface area contributed by atoms with Crippen molar-refractivity contribution in [2.24, 2.45) is 16.9 Å². The second-order valence-electron chi connectivity index (χ2n) is 10.6. The molecule has 1 heterocycles. The van der Waals surface area contributed by atoms with E-state index >= 15 is 0 Å². The highest BCUT2D eigenvalue weighted by Crippen LogP contribution is 2.60. The van der Waals surface area contributed by atoms with Gasteiger partial charge in [-0.3, -0.25) is 19.7 Å². The number of hydrogen-bond donors (Lipinski definition) is 0. The summed E-state index contributed by atoms with van der Waals surface area (Å²) in [6, 6.07) is 27.5. The minimum absolute atomic E-state index is 0.0101. The number of non-ortho nitro benzene ring substituents is 1. The number of hydrazone groups is 1. The standard InChI is InChI=1S/C33H25N3O6/c1-41-27-16-20(12-15-26(27)42-18-19-10-13-21(14-11-19)36(39)40)17-34-35-32(37)30-28-22-6-2-3-7-23(22)29(31(30)33(35)38)25-9-5-4-8-24(25)28/h2-17,28-31H,18H2,1H3/b34-17-/t28?,29?,30-,31-/m1/s1. The number of benzene rings is 4. The van der Waals surface area contributed by atoms with Crippen LogP contribution in [-0.4, -0.2) is 35.1 Å². The van der Waals surface area contributed by atoms with Crippen LogP contribution in [0.15, 0.2) is 96.1 Å². The smallest absolute Gasteiger partial charge is 0.269 e. The van der Waals surface area contributed by atoms with Gasteiger partial charge >= 0.3 is 0 Å².